The van der Waals surface area contributed by atoms with Crippen molar-refractivity contribution in [3.63, 3.8) is 0 Å². The molecule has 19 heavy (non-hydrogen) atoms. The molecule has 1 unspecified atom stereocenters. The lowest BCUT2D eigenvalue weighted by molar-refractivity contribution is -0.137. The SMILES string of the molecule is CC(Cc1c[nH]c2ccccc12)N(C)CCC(=O)O. The van der Waals surface area contributed by atoms with Gasteiger partial charge in [-0.1, -0.05) is 18.2 Å². The first-order valence-corrected chi connectivity index (χ1v) is 6.55. The summed E-state index contributed by atoms with van der Waals surface area (Å²) in [6, 6.07) is 8.56. The molecule has 0 fully saturated rings. The summed E-state index contributed by atoms with van der Waals surface area (Å²) < 4.78 is 0. The van der Waals surface area contributed by atoms with Gasteiger partial charge in [-0.2, -0.15) is 0 Å². The van der Waals surface area contributed by atoms with E-state index < -0.39 is 5.97 Å². The number of aliphatic carboxylic acids is 1. The second kappa shape index (κ2) is 5.89. The van der Waals surface area contributed by atoms with Crippen LogP contribution in [0.1, 0.15) is 18.9 Å². The van der Waals surface area contributed by atoms with E-state index >= 15 is 0 Å². The molecule has 0 radical (unpaired) electrons. The second-order valence-corrected chi connectivity index (χ2v) is 5.04. The van der Waals surface area contributed by atoms with Gasteiger partial charge in [0, 0.05) is 29.7 Å². The molecule has 0 aliphatic rings. The molecule has 0 aliphatic carbocycles. The maximum Gasteiger partial charge on any atom is 0.304 e. The molecule has 4 heteroatoms. The number of para-hydroxylation sites is 1. The minimum absolute atomic E-state index is 0.189. The number of rotatable bonds is 6. The molecule has 1 aromatic heterocycles. The highest BCUT2D eigenvalue weighted by Gasteiger charge is 2.13. The predicted octanol–water partition coefficient (Wildman–Crippen LogP) is 2.51. The van der Waals surface area contributed by atoms with Gasteiger partial charge in [-0.05, 0) is 32.0 Å². The van der Waals surface area contributed by atoms with E-state index in [1.165, 1.54) is 10.9 Å². The molecule has 4 nitrogen and oxygen atoms in total. The van der Waals surface area contributed by atoms with E-state index in [4.69, 9.17) is 5.11 Å². The Bertz CT molecular complexity index is 562. The number of nitrogens with zero attached hydrogens (tertiary/aromatic N) is 1. The van der Waals surface area contributed by atoms with Crippen LogP contribution < -0.4 is 0 Å². The summed E-state index contributed by atoms with van der Waals surface area (Å²) in [5.41, 5.74) is 2.43. The molecule has 1 atom stereocenters. The predicted molar refractivity (Wildman–Crippen MR) is 76.3 cm³/mol. The monoisotopic (exact) mass is 260 g/mol. The van der Waals surface area contributed by atoms with E-state index in [9.17, 15) is 4.79 Å². The van der Waals surface area contributed by atoms with Crippen LogP contribution in [0.5, 0.6) is 0 Å². The molecule has 2 N–H and O–H groups in total. The van der Waals surface area contributed by atoms with Crippen molar-refractivity contribution >= 4 is 16.9 Å². The fourth-order valence-electron chi connectivity index (χ4n) is 2.27. The van der Waals surface area contributed by atoms with E-state index in [-0.39, 0.29) is 6.42 Å². The zero-order valence-electron chi connectivity index (χ0n) is 11.4. The number of carboxylic acids is 1. The smallest absolute Gasteiger partial charge is 0.304 e. The second-order valence-electron chi connectivity index (χ2n) is 5.04. The molecule has 0 saturated heterocycles. The number of benzene rings is 1. The van der Waals surface area contributed by atoms with E-state index in [0.29, 0.717) is 12.6 Å². The van der Waals surface area contributed by atoms with E-state index in [1.54, 1.807) is 0 Å². The Kier molecular flexibility index (Phi) is 4.22. The summed E-state index contributed by atoms with van der Waals surface area (Å²) in [4.78, 5) is 15.9. The number of aromatic nitrogens is 1. The molecule has 0 aliphatic heterocycles. The van der Waals surface area contributed by atoms with Crippen molar-refractivity contribution in [1.29, 1.82) is 0 Å². The zero-order valence-corrected chi connectivity index (χ0v) is 11.4. The first kappa shape index (κ1) is 13.6. The number of carbonyl (C=O) groups is 1. The van der Waals surface area contributed by atoms with Gasteiger partial charge in [0.25, 0.3) is 0 Å². The van der Waals surface area contributed by atoms with Crippen LogP contribution in [-0.2, 0) is 11.2 Å². The first-order valence-electron chi connectivity index (χ1n) is 6.55. The number of hydrogen-bond acceptors (Lipinski definition) is 2. The zero-order chi connectivity index (χ0) is 13.8. The fourth-order valence-corrected chi connectivity index (χ4v) is 2.27. The minimum atomic E-state index is -0.744. The number of hydrogen-bond donors (Lipinski definition) is 2. The third-order valence-electron chi connectivity index (χ3n) is 3.62. The Labute approximate surface area is 113 Å². The van der Waals surface area contributed by atoms with Crippen LogP contribution in [0.15, 0.2) is 30.5 Å². The number of likely N-dealkylation sites (N-methyl/N-ethyl adjacent to an activating group) is 1. The van der Waals surface area contributed by atoms with Crippen molar-refractivity contribution in [3.8, 4) is 0 Å². The number of H-pyrrole nitrogens is 1. The average molecular weight is 260 g/mol. The van der Waals surface area contributed by atoms with Crippen LogP contribution in [0.3, 0.4) is 0 Å². The number of carboxylic acid groups (broad SMARTS) is 1. The van der Waals surface area contributed by atoms with Gasteiger partial charge < -0.3 is 15.0 Å². The molecule has 0 bridgehead atoms. The molecule has 1 aromatic carbocycles. The molecule has 0 amide bonds. The number of fused-ring (bicyclic) bond motifs is 1. The fraction of sp³-hybridized carbons (Fsp3) is 0.400. The van der Waals surface area contributed by atoms with Crippen molar-refractivity contribution < 1.29 is 9.90 Å². The van der Waals surface area contributed by atoms with Crippen LogP contribution in [0.25, 0.3) is 10.9 Å². The van der Waals surface area contributed by atoms with Crippen molar-refractivity contribution in [1.82, 2.24) is 9.88 Å². The Morgan fingerprint density at radius 3 is 2.89 bits per heavy atom. The van der Waals surface area contributed by atoms with Gasteiger partial charge in [-0.15, -0.1) is 0 Å². The quantitative estimate of drug-likeness (QED) is 0.839. The van der Waals surface area contributed by atoms with Gasteiger partial charge in [-0.3, -0.25) is 4.79 Å². The lowest BCUT2D eigenvalue weighted by atomic mass is 10.1. The molecular formula is C15H20N2O2. The Morgan fingerprint density at radius 2 is 2.16 bits per heavy atom. The maximum absolute atomic E-state index is 10.6. The van der Waals surface area contributed by atoms with Gasteiger partial charge >= 0.3 is 5.97 Å². The Morgan fingerprint density at radius 1 is 1.42 bits per heavy atom. The summed E-state index contributed by atoms with van der Waals surface area (Å²) in [6.07, 6.45) is 3.15. The van der Waals surface area contributed by atoms with Crippen LogP contribution in [0.2, 0.25) is 0 Å². The van der Waals surface area contributed by atoms with Gasteiger partial charge in [-0.25, -0.2) is 0 Å². The summed E-state index contributed by atoms with van der Waals surface area (Å²) in [7, 11) is 1.97. The van der Waals surface area contributed by atoms with E-state index in [0.717, 1.165) is 11.9 Å². The molecular weight excluding hydrogens is 240 g/mol. The summed E-state index contributed by atoms with van der Waals surface area (Å²) in [5.74, 6) is -0.744. The highest BCUT2D eigenvalue weighted by Crippen LogP contribution is 2.20. The average Bonchev–Trinajstić information content (AvgIpc) is 2.79. The van der Waals surface area contributed by atoms with Crippen LogP contribution in [-0.4, -0.2) is 40.6 Å². The normalized spacial score (nSPS) is 13.0. The lowest BCUT2D eigenvalue weighted by Crippen LogP contribution is -2.32. The molecule has 102 valence electrons. The standard InChI is InChI=1S/C15H20N2O2/c1-11(17(2)8-7-15(18)19)9-12-10-16-14-6-4-3-5-13(12)14/h3-6,10-11,16H,7-9H2,1-2H3,(H,18,19). The minimum Gasteiger partial charge on any atom is -0.481 e. The topological polar surface area (TPSA) is 56.3 Å². The van der Waals surface area contributed by atoms with Gasteiger partial charge in [0.05, 0.1) is 6.42 Å². The van der Waals surface area contributed by atoms with Gasteiger partial charge in [0.2, 0.25) is 0 Å². The Balaban J connectivity index is 2.02. The summed E-state index contributed by atoms with van der Waals surface area (Å²) in [6.45, 7) is 2.71. The van der Waals surface area contributed by atoms with Crippen LogP contribution in [0, 0.1) is 0 Å². The van der Waals surface area contributed by atoms with Crippen molar-refractivity contribution in [2.75, 3.05) is 13.6 Å². The van der Waals surface area contributed by atoms with Crippen molar-refractivity contribution in [2.45, 2.75) is 25.8 Å². The maximum atomic E-state index is 10.6. The lowest BCUT2D eigenvalue weighted by Gasteiger charge is -2.23. The molecule has 1 heterocycles. The molecule has 0 spiro atoms. The third-order valence-corrected chi connectivity index (χ3v) is 3.62. The highest BCUT2D eigenvalue weighted by atomic mass is 16.4. The summed E-state index contributed by atoms with van der Waals surface area (Å²) >= 11 is 0. The number of nitrogens with one attached hydrogen (secondary N) is 1. The largest absolute Gasteiger partial charge is 0.481 e. The number of aromatic amines is 1. The molecule has 0 saturated carbocycles. The third kappa shape index (κ3) is 3.35. The van der Waals surface area contributed by atoms with E-state index in [2.05, 4.69) is 28.9 Å². The van der Waals surface area contributed by atoms with Gasteiger partial charge in [0.15, 0.2) is 0 Å². The van der Waals surface area contributed by atoms with Gasteiger partial charge in [0.1, 0.15) is 0 Å². The molecule has 2 rings (SSSR count). The first-order chi connectivity index (χ1) is 9.08. The van der Waals surface area contributed by atoms with Crippen molar-refractivity contribution in [3.05, 3.63) is 36.0 Å². The van der Waals surface area contributed by atoms with Crippen LogP contribution in [0.4, 0.5) is 0 Å². The Hall–Kier alpha value is -1.81. The summed E-state index contributed by atoms with van der Waals surface area (Å²) in [5, 5.41) is 9.96. The highest BCUT2D eigenvalue weighted by molar-refractivity contribution is 5.83. The molecule has 2 aromatic rings. The van der Waals surface area contributed by atoms with Crippen molar-refractivity contribution in [2.24, 2.45) is 0 Å². The van der Waals surface area contributed by atoms with Crippen LogP contribution >= 0.6 is 0 Å². The van der Waals surface area contributed by atoms with E-state index in [1.807, 2.05) is 25.4 Å².